The number of thiophene rings is 1. The van der Waals surface area contributed by atoms with E-state index < -0.39 is 29.4 Å². The third-order valence-corrected chi connectivity index (χ3v) is 7.87. The van der Waals surface area contributed by atoms with Crippen LogP contribution in [0.1, 0.15) is 18.1 Å². The standard InChI is InChI=1S/C30H27F2N5O3S/c1-3-34-29(39)35-19-14-12-18(13-15-19)26-21(16-33-2)25-27(38)37(20-8-5-4-6-9-20)30(40)36(28(25)41-26)17-22-23(31)10-7-11-24(22)32/h4-15,33H,3,16-17H2,1-2H3,(H2,34,35,39). The van der Waals surface area contributed by atoms with Gasteiger partial charge in [-0.25, -0.2) is 22.9 Å². The Morgan fingerprint density at radius 2 is 1.59 bits per heavy atom. The summed E-state index contributed by atoms with van der Waals surface area (Å²) in [5, 5.41) is 8.80. The van der Waals surface area contributed by atoms with E-state index in [4.69, 9.17) is 0 Å². The highest BCUT2D eigenvalue weighted by molar-refractivity contribution is 7.22. The average molecular weight is 576 g/mol. The van der Waals surface area contributed by atoms with E-state index in [0.29, 0.717) is 39.7 Å². The molecule has 0 fully saturated rings. The Labute approximate surface area is 237 Å². The molecule has 11 heteroatoms. The first-order valence-electron chi connectivity index (χ1n) is 12.9. The molecule has 0 aliphatic rings. The Balaban J connectivity index is 1.76. The second-order valence-corrected chi connectivity index (χ2v) is 10.2. The maximum Gasteiger partial charge on any atom is 0.337 e. The van der Waals surface area contributed by atoms with E-state index in [-0.39, 0.29) is 17.0 Å². The minimum Gasteiger partial charge on any atom is -0.338 e. The largest absolute Gasteiger partial charge is 0.338 e. The van der Waals surface area contributed by atoms with Crippen LogP contribution in [0.3, 0.4) is 0 Å². The van der Waals surface area contributed by atoms with E-state index in [0.717, 1.165) is 22.3 Å². The number of carbonyl (C=O) groups is 1. The van der Waals surface area contributed by atoms with Crippen molar-refractivity contribution in [3.05, 3.63) is 116 Å². The van der Waals surface area contributed by atoms with Crippen LogP contribution in [0.25, 0.3) is 26.3 Å². The fourth-order valence-electron chi connectivity index (χ4n) is 4.67. The van der Waals surface area contributed by atoms with Crippen LogP contribution in [0.4, 0.5) is 19.3 Å². The Bertz CT molecular complexity index is 1830. The highest BCUT2D eigenvalue weighted by atomic mass is 32.1. The summed E-state index contributed by atoms with van der Waals surface area (Å²) in [6.07, 6.45) is 0. The van der Waals surface area contributed by atoms with Crippen molar-refractivity contribution in [3.63, 3.8) is 0 Å². The third kappa shape index (κ3) is 5.41. The van der Waals surface area contributed by atoms with Crippen LogP contribution in [0.15, 0.2) is 82.4 Å². The molecule has 2 amide bonds. The monoisotopic (exact) mass is 575 g/mol. The summed E-state index contributed by atoms with van der Waals surface area (Å²) in [7, 11) is 1.74. The number of benzene rings is 3. The summed E-state index contributed by atoms with van der Waals surface area (Å²) in [6.45, 7) is 2.19. The van der Waals surface area contributed by atoms with Gasteiger partial charge in [0.05, 0.1) is 17.6 Å². The van der Waals surface area contributed by atoms with Crippen LogP contribution in [0.2, 0.25) is 0 Å². The number of nitrogens with one attached hydrogen (secondary N) is 3. The van der Waals surface area contributed by atoms with Crippen LogP contribution >= 0.6 is 11.3 Å². The smallest absolute Gasteiger partial charge is 0.337 e. The molecule has 0 saturated heterocycles. The lowest BCUT2D eigenvalue weighted by atomic mass is 10.1. The molecule has 0 radical (unpaired) electrons. The normalized spacial score (nSPS) is 11.1. The zero-order chi connectivity index (χ0) is 29.1. The number of amides is 2. The highest BCUT2D eigenvalue weighted by Crippen LogP contribution is 2.38. The van der Waals surface area contributed by atoms with Crippen LogP contribution in [0, 0.1) is 11.6 Å². The predicted molar refractivity (Wildman–Crippen MR) is 158 cm³/mol. The van der Waals surface area contributed by atoms with Gasteiger partial charge in [0.1, 0.15) is 16.5 Å². The van der Waals surface area contributed by atoms with Crippen molar-refractivity contribution in [2.24, 2.45) is 0 Å². The van der Waals surface area contributed by atoms with E-state index in [2.05, 4.69) is 16.0 Å². The van der Waals surface area contributed by atoms with Gasteiger partial charge < -0.3 is 16.0 Å². The van der Waals surface area contributed by atoms with Crippen LogP contribution in [-0.4, -0.2) is 28.8 Å². The molecule has 5 rings (SSSR count). The molecule has 3 aromatic carbocycles. The van der Waals surface area contributed by atoms with Crippen molar-refractivity contribution in [2.45, 2.75) is 20.0 Å². The molecule has 0 aliphatic heterocycles. The van der Waals surface area contributed by atoms with E-state index in [9.17, 15) is 23.2 Å². The zero-order valence-electron chi connectivity index (χ0n) is 22.3. The molecule has 5 aromatic rings. The topological polar surface area (TPSA) is 97.2 Å². The number of aromatic nitrogens is 2. The summed E-state index contributed by atoms with van der Waals surface area (Å²) < 4.78 is 31.8. The Kier molecular flexibility index (Phi) is 8.09. The second kappa shape index (κ2) is 11.9. The average Bonchev–Trinajstić information content (AvgIpc) is 3.33. The van der Waals surface area contributed by atoms with Crippen LogP contribution in [0.5, 0.6) is 0 Å². The first-order chi connectivity index (χ1) is 19.8. The number of anilines is 1. The van der Waals surface area contributed by atoms with Gasteiger partial charge in [-0.15, -0.1) is 11.3 Å². The van der Waals surface area contributed by atoms with E-state index in [1.807, 2.05) is 6.92 Å². The van der Waals surface area contributed by atoms with Gasteiger partial charge in [0.2, 0.25) is 0 Å². The molecular formula is C30H27F2N5O3S. The maximum absolute atomic E-state index is 14.8. The van der Waals surface area contributed by atoms with Gasteiger partial charge in [-0.3, -0.25) is 9.36 Å². The molecule has 0 saturated carbocycles. The minimum atomic E-state index is -0.787. The molecular weight excluding hydrogens is 548 g/mol. The van der Waals surface area contributed by atoms with E-state index in [1.54, 1.807) is 61.6 Å². The lowest BCUT2D eigenvalue weighted by Gasteiger charge is -2.13. The highest BCUT2D eigenvalue weighted by Gasteiger charge is 2.24. The lowest BCUT2D eigenvalue weighted by Crippen LogP contribution is -2.39. The summed E-state index contributed by atoms with van der Waals surface area (Å²) in [5.41, 5.74) is 0.810. The SMILES string of the molecule is CCNC(=O)Nc1ccc(-c2sc3c(c2CNC)c(=O)n(-c2ccccc2)c(=O)n3Cc2c(F)cccc2F)cc1. The van der Waals surface area contributed by atoms with Gasteiger partial charge in [-0.05, 0) is 61.5 Å². The first-order valence-corrected chi connectivity index (χ1v) is 13.7. The van der Waals surface area contributed by atoms with Crippen molar-refractivity contribution in [2.75, 3.05) is 18.9 Å². The van der Waals surface area contributed by atoms with Crippen molar-refractivity contribution < 1.29 is 13.6 Å². The quantitative estimate of drug-likeness (QED) is 0.241. The van der Waals surface area contributed by atoms with E-state index >= 15 is 0 Å². The summed E-state index contributed by atoms with van der Waals surface area (Å²) in [4.78, 5) is 40.8. The summed E-state index contributed by atoms with van der Waals surface area (Å²) in [5.74, 6) is -1.57. The molecule has 0 aliphatic carbocycles. The molecule has 0 atom stereocenters. The third-order valence-electron chi connectivity index (χ3n) is 6.56. The van der Waals surface area contributed by atoms with E-state index in [1.165, 1.54) is 22.0 Å². The van der Waals surface area contributed by atoms with Crippen LogP contribution < -0.4 is 27.2 Å². The molecule has 2 aromatic heterocycles. The molecule has 0 spiro atoms. The number of hydrogen-bond acceptors (Lipinski definition) is 5. The fourth-order valence-corrected chi connectivity index (χ4v) is 5.98. The van der Waals surface area contributed by atoms with Gasteiger partial charge in [-0.2, -0.15) is 0 Å². The number of urea groups is 1. The van der Waals surface area contributed by atoms with Gasteiger partial charge in [0, 0.05) is 29.2 Å². The van der Waals surface area contributed by atoms with Gasteiger partial charge in [0.25, 0.3) is 5.56 Å². The summed E-state index contributed by atoms with van der Waals surface area (Å²) >= 11 is 1.20. The number of rotatable bonds is 8. The summed E-state index contributed by atoms with van der Waals surface area (Å²) in [6, 6.07) is 18.7. The zero-order valence-corrected chi connectivity index (χ0v) is 23.1. The minimum absolute atomic E-state index is 0.278. The molecule has 0 unspecified atom stereocenters. The molecule has 0 bridgehead atoms. The number of nitrogens with zero attached hydrogens (tertiary/aromatic N) is 2. The Morgan fingerprint density at radius 1 is 0.902 bits per heavy atom. The van der Waals surface area contributed by atoms with Crippen molar-refractivity contribution >= 4 is 33.3 Å². The fraction of sp³-hybridized carbons (Fsp3) is 0.167. The number of hydrogen-bond donors (Lipinski definition) is 3. The van der Waals surface area contributed by atoms with Gasteiger partial charge >= 0.3 is 11.7 Å². The molecule has 2 heterocycles. The Morgan fingerprint density at radius 3 is 2.22 bits per heavy atom. The van der Waals surface area contributed by atoms with Gasteiger partial charge in [0.15, 0.2) is 0 Å². The Hall–Kier alpha value is -4.61. The molecule has 210 valence electrons. The number of carbonyl (C=O) groups excluding carboxylic acids is 1. The van der Waals surface area contributed by atoms with Crippen molar-refractivity contribution in [3.8, 4) is 16.1 Å². The lowest BCUT2D eigenvalue weighted by molar-refractivity contribution is 0.252. The number of para-hydroxylation sites is 1. The van der Waals surface area contributed by atoms with Crippen LogP contribution in [-0.2, 0) is 13.1 Å². The number of halogens is 2. The van der Waals surface area contributed by atoms with Crippen molar-refractivity contribution in [1.29, 1.82) is 0 Å². The van der Waals surface area contributed by atoms with Crippen molar-refractivity contribution in [1.82, 2.24) is 19.8 Å². The second-order valence-electron chi connectivity index (χ2n) is 9.23. The first kappa shape index (κ1) is 27.9. The van der Waals surface area contributed by atoms with Gasteiger partial charge in [-0.1, -0.05) is 36.4 Å². The molecule has 41 heavy (non-hydrogen) atoms. The number of fused-ring (bicyclic) bond motifs is 1. The maximum atomic E-state index is 14.8. The molecule has 3 N–H and O–H groups in total. The molecule has 8 nitrogen and oxygen atoms in total. The predicted octanol–water partition coefficient (Wildman–Crippen LogP) is 5.07.